The molecule has 0 radical (unpaired) electrons. The Morgan fingerprint density at radius 2 is 1.84 bits per heavy atom. The molecule has 3 aromatic carbocycles. The molecular formula is C25H22N2O4S. The summed E-state index contributed by atoms with van der Waals surface area (Å²) in [7, 11) is 1.53. The zero-order valence-corrected chi connectivity index (χ0v) is 18.3. The van der Waals surface area contributed by atoms with E-state index in [1.54, 1.807) is 11.3 Å². The van der Waals surface area contributed by atoms with Crippen molar-refractivity contribution in [3.8, 4) is 5.75 Å². The molecule has 6 nitrogen and oxygen atoms in total. The number of oxime groups is 1. The van der Waals surface area contributed by atoms with E-state index in [9.17, 15) is 4.79 Å². The summed E-state index contributed by atoms with van der Waals surface area (Å²) in [4.78, 5) is 20.5. The summed E-state index contributed by atoms with van der Waals surface area (Å²) >= 11 is 1.57. The molecule has 0 aliphatic rings. The number of fused-ring (bicyclic) bond motifs is 1. The van der Waals surface area contributed by atoms with Crippen molar-refractivity contribution in [2.75, 3.05) is 7.11 Å². The van der Waals surface area contributed by atoms with Crippen molar-refractivity contribution in [3.05, 3.63) is 94.5 Å². The summed E-state index contributed by atoms with van der Waals surface area (Å²) < 4.78 is 7.02. The topological polar surface area (TPSA) is 81.0 Å². The van der Waals surface area contributed by atoms with E-state index in [-0.39, 0.29) is 6.42 Å². The Hall–Kier alpha value is -3.71. The van der Waals surface area contributed by atoms with Crippen LogP contribution < -0.4 is 4.74 Å². The third kappa shape index (κ3) is 5.31. The van der Waals surface area contributed by atoms with Gasteiger partial charge in [-0.25, -0.2) is 4.98 Å². The van der Waals surface area contributed by atoms with Gasteiger partial charge in [-0.1, -0.05) is 47.6 Å². The predicted octanol–water partition coefficient (Wildman–Crippen LogP) is 5.29. The molecule has 162 valence electrons. The van der Waals surface area contributed by atoms with Gasteiger partial charge in [0.2, 0.25) is 0 Å². The third-order valence-corrected chi connectivity index (χ3v) is 5.88. The van der Waals surface area contributed by atoms with Gasteiger partial charge < -0.3 is 14.7 Å². The van der Waals surface area contributed by atoms with Gasteiger partial charge >= 0.3 is 5.97 Å². The van der Waals surface area contributed by atoms with Crippen LogP contribution in [-0.4, -0.2) is 28.9 Å². The van der Waals surface area contributed by atoms with E-state index in [0.29, 0.717) is 18.7 Å². The molecule has 1 N–H and O–H groups in total. The first-order valence-electron chi connectivity index (χ1n) is 10.1. The van der Waals surface area contributed by atoms with E-state index in [2.05, 4.69) is 5.16 Å². The van der Waals surface area contributed by atoms with Crippen LogP contribution in [0.2, 0.25) is 0 Å². The molecule has 0 saturated heterocycles. The number of nitrogens with zero attached hydrogens (tertiary/aromatic N) is 2. The van der Waals surface area contributed by atoms with Crippen LogP contribution in [0.5, 0.6) is 5.75 Å². The number of thiazole rings is 1. The van der Waals surface area contributed by atoms with Gasteiger partial charge in [0.1, 0.15) is 30.2 Å². The van der Waals surface area contributed by atoms with Crippen LogP contribution in [0.3, 0.4) is 0 Å². The zero-order valence-electron chi connectivity index (χ0n) is 17.5. The van der Waals surface area contributed by atoms with Gasteiger partial charge in [0.25, 0.3) is 0 Å². The van der Waals surface area contributed by atoms with Crippen LogP contribution in [0.4, 0.5) is 0 Å². The second-order valence-electron chi connectivity index (χ2n) is 7.14. The molecule has 4 rings (SSSR count). The van der Waals surface area contributed by atoms with Gasteiger partial charge in [-0.15, -0.1) is 11.3 Å². The average Bonchev–Trinajstić information content (AvgIpc) is 3.24. The summed E-state index contributed by atoms with van der Waals surface area (Å²) in [5, 5.41) is 13.8. The standard InChI is InChI=1S/C25H22N2O4S/c1-30-27-24(25-26-21-7-2-3-8-22(21)32-25)19-6-4-5-18(15-19)16-31-20-12-9-17(10-13-20)11-14-23(28)29/h2-10,12-13,15H,11,14,16H2,1H3,(H,28,29)/b27-24+. The fraction of sp³-hybridized carbons (Fsp3) is 0.160. The molecule has 0 saturated carbocycles. The highest BCUT2D eigenvalue weighted by molar-refractivity contribution is 7.20. The van der Waals surface area contributed by atoms with Gasteiger partial charge in [-0.3, -0.25) is 4.79 Å². The van der Waals surface area contributed by atoms with Crippen LogP contribution in [0, 0.1) is 0 Å². The van der Waals surface area contributed by atoms with E-state index in [0.717, 1.165) is 37.7 Å². The number of ether oxygens (including phenoxy) is 1. The summed E-state index contributed by atoms with van der Waals surface area (Å²) in [6.07, 6.45) is 0.623. The van der Waals surface area contributed by atoms with E-state index in [4.69, 9.17) is 19.7 Å². The third-order valence-electron chi connectivity index (χ3n) is 4.84. The molecule has 0 spiro atoms. The first-order chi connectivity index (χ1) is 15.6. The van der Waals surface area contributed by atoms with E-state index in [1.807, 2.05) is 72.8 Å². The Morgan fingerprint density at radius 3 is 2.59 bits per heavy atom. The quantitative estimate of drug-likeness (QED) is 0.279. The fourth-order valence-corrected chi connectivity index (χ4v) is 4.23. The highest BCUT2D eigenvalue weighted by Crippen LogP contribution is 2.25. The Bertz CT molecular complexity index is 1220. The molecule has 1 heterocycles. The summed E-state index contributed by atoms with van der Waals surface area (Å²) in [5.41, 5.74) is 4.47. The van der Waals surface area contributed by atoms with E-state index >= 15 is 0 Å². The molecular weight excluding hydrogens is 424 g/mol. The molecule has 0 amide bonds. The number of para-hydroxylation sites is 1. The van der Waals surface area contributed by atoms with Gasteiger partial charge in [-0.2, -0.15) is 0 Å². The second kappa shape index (κ2) is 10.1. The average molecular weight is 447 g/mol. The largest absolute Gasteiger partial charge is 0.489 e. The van der Waals surface area contributed by atoms with Crippen LogP contribution in [0.25, 0.3) is 10.2 Å². The van der Waals surface area contributed by atoms with Crippen molar-refractivity contribution in [1.82, 2.24) is 4.98 Å². The highest BCUT2D eigenvalue weighted by Gasteiger charge is 2.14. The molecule has 0 atom stereocenters. The maximum absolute atomic E-state index is 10.7. The number of hydrogen-bond donors (Lipinski definition) is 1. The predicted molar refractivity (Wildman–Crippen MR) is 125 cm³/mol. The molecule has 4 aromatic rings. The smallest absolute Gasteiger partial charge is 0.303 e. The molecule has 0 bridgehead atoms. The number of rotatable bonds is 9. The number of carbonyl (C=O) groups is 1. The summed E-state index contributed by atoms with van der Waals surface area (Å²) in [6, 6.07) is 23.4. The van der Waals surface area contributed by atoms with Crippen LogP contribution in [-0.2, 0) is 22.7 Å². The number of aromatic nitrogens is 1. The van der Waals surface area contributed by atoms with Crippen LogP contribution in [0.1, 0.15) is 28.1 Å². The highest BCUT2D eigenvalue weighted by atomic mass is 32.1. The van der Waals surface area contributed by atoms with Crippen molar-refractivity contribution in [2.45, 2.75) is 19.4 Å². The van der Waals surface area contributed by atoms with Crippen LogP contribution in [0.15, 0.2) is 78.0 Å². The Balaban J connectivity index is 1.48. The lowest BCUT2D eigenvalue weighted by atomic mass is 10.1. The number of benzene rings is 3. The SMILES string of the molecule is CO/N=C(\c1cccc(COc2ccc(CCC(=O)O)cc2)c1)c1nc2ccccc2s1. The number of aryl methyl sites for hydroxylation is 1. The second-order valence-corrected chi connectivity index (χ2v) is 8.17. The normalized spacial score (nSPS) is 11.5. The molecule has 32 heavy (non-hydrogen) atoms. The first kappa shape index (κ1) is 21.5. The number of aliphatic carboxylic acids is 1. The van der Waals surface area contributed by atoms with Crippen molar-refractivity contribution in [1.29, 1.82) is 0 Å². The lowest BCUT2D eigenvalue weighted by molar-refractivity contribution is -0.136. The molecule has 0 aliphatic carbocycles. The van der Waals surface area contributed by atoms with Crippen LogP contribution >= 0.6 is 11.3 Å². The minimum atomic E-state index is -0.799. The lowest BCUT2D eigenvalue weighted by Gasteiger charge is -2.09. The zero-order chi connectivity index (χ0) is 22.3. The van der Waals surface area contributed by atoms with Crippen molar-refractivity contribution >= 4 is 33.2 Å². The summed E-state index contributed by atoms with van der Waals surface area (Å²) in [5.74, 6) is -0.0705. The molecule has 0 unspecified atom stereocenters. The number of carboxylic acid groups (broad SMARTS) is 1. The Kier molecular flexibility index (Phi) is 6.77. The lowest BCUT2D eigenvalue weighted by Crippen LogP contribution is -2.05. The van der Waals surface area contributed by atoms with Gasteiger partial charge in [0.05, 0.1) is 10.2 Å². The monoisotopic (exact) mass is 446 g/mol. The molecule has 0 aliphatic heterocycles. The minimum absolute atomic E-state index is 0.118. The Morgan fingerprint density at radius 1 is 1.03 bits per heavy atom. The van der Waals surface area contributed by atoms with Crippen molar-refractivity contribution in [2.24, 2.45) is 5.16 Å². The van der Waals surface area contributed by atoms with Gasteiger partial charge in [0, 0.05) is 12.0 Å². The first-order valence-corrected chi connectivity index (χ1v) is 10.9. The molecule has 7 heteroatoms. The summed E-state index contributed by atoms with van der Waals surface area (Å²) in [6.45, 7) is 0.391. The van der Waals surface area contributed by atoms with Crippen molar-refractivity contribution < 1.29 is 19.5 Å². The molecule has 1 aromatic heterocycles. The number of hydrogen-bond acceptors (Lipinski definition) is 6. The Labute approximate surface area is 189 Å². The minimum Gasteiger partial charge on any atom is -0.489 e. The van der Waals surface area contributed by atoms with E-state index < -0.39 is 5.97 Å². The van der Waals surface area contributed by atoms with Crippen molar-refractivity contribution in [3.63, 3.8) is 0 Å². The number of carboxylic acids is 1. The van der Waals surface area contributed by atoms with Gasteiger partial charge in [0.15, 0.2) is 0 Å². The maximum Gasteiger partial charge on any atom is 0.303 e. The molecule has 0 fully saturated rings. The maximum atomic E-state index is 10.7. The van der Waals surface area contributed by atoms with E-state index in [1.165, 1.54) is 7.11 Å². The van der Waals surface area contributed by atoms with Gasteiger partial charge in [-0.05, 0) is 47.9 Å². The fourth-order valence-electron chi connectivity index (χ4n) is 3.26.